The van der Waals surface area contributed by atoms with Crippen LogP contribution < -0.4 is 14.2 Å². The number of benzene rings is 2. The first-order valence-corrected chi connectivity index (χ1v) is 7.89. The van der Waals surface area contributed by atoms with E-state index in [0.29, 0.717) is 18.1 Å². The molecule has 25 heavy (non-hydrogen) atoms. The number of para-hydroxylation sites is 1. The van der Waals surface area contributed by atoms with Gasteiger partial charge < -0.3 is 18.9 Å². The second-order valence-corrected chi connectivity index (χ2v) is 5.23. The first kappa shape index (κ1) is 18.4. The lowest BCUT2D eigenvalue weighted by Crippen LogP contribution is -2.10. The molecular weight excluding hydrogens is 320 g/mol. The molecule has 0 aliphatic carbocycles. The summed E-state index contributed by atoms with van der Waals surface area (Å²) < 4.78 is 21.1. The minimum absolute atomic E-state index is 0.184. The van der Waals surface area contributed by atoms with Crippen LogP contribution in [0.3, 0.4) is 0 Å². The van der Waals surface area contributed by atoms with Gasteiger partial charge in [0.05, 0.1) is 14.2 Å². The van der Waals surface area contributed by atoms with Crippen LogP contribution in [0, 0.1) is 6.92 Å². The maximum Gasteiger partial charge on any atom is 0.330 e. The standard InChI is InChI=1S/C20H22O5/c1-15-6-4-5-7-17(15)24-12-13-25-20(21)11-9-16-8-10-18(22-2)19(14-16)23-3/h4-11,14H,12-13H2,1-3H3/b11-9+. The number of methoxy groups -OCH3 is 2. The van der Waals surface area contributed by atoms with E-state index in [2.05, 4.69) is 0 Å². The quantitative estimate of drug-likeness (QED) is 0.416. The molecule has 0 aliphatic heterocycles. The van der Waals surface area contributed by atoms with Gasteiger partial charge in [0.1, 0.15) is 19.0 Å². The Morgan fingerprint density at radius 1 is 0.960 bits per heavy atom. The third kappa shape index (κ3) is 5.57. The Labute approximate surface area is 147 Å². The lowest BCUT2D eigenvalue weighted by atomic mass is 10.2. The number of hydrogen-bond donors (Lipinski definition) is 0. The van der Waals surface area contributed by atoms with E-state index >= 15 is 0 Å². The lowest BCUT2D eigenvalue weighted by Gasteiger charge is -2.08. The summed E-state index contributed by atoms with van der Waals surface area (Å²) in [6, 6.07) is 13.1. The van der Waals surface area contributed by atoms with E-state index in [9.17, 15) is 4.79 Å². The largest absolute Gasteiger partial charge is 0.493 e. The summed E-state index contributed by atoms with van der Waals surface area (Å²) in [6.07, 6.45) is 3.03. The van der Waals surface area contributed by atoms with Crippen molar-refractivity contribution in [1.29, 1.82) is 0 Å². The third-order valence-corrected chi connectivity index (χ3v) is 3.50. The number of carbonyl (C=O) groups is 1. The Hall–Kier alpha value is -2.95. The monoisotopic (exact) mass is 342 g/mol. The van der Waals surface area contributed by atoms with Crippen molar-refractivity contribution in [3.05, 3.63) is 59.7 Å². The first-order valence-electron chi connectivity index (χ1n) is 7.89. The van der Waals surface area contributed by atoms with Crippen LogP contribution in [0.4, 0.5) is 0 Å². The van der Waals surface area contributed by atoms with Crippen LogP contribution in [0.25, 0.3) is 6.08 Å². The summed E-state index contributed by atoms with van der Waals surface area (Å²) in [5.41, 5.74) is 1.85. The number of esters is 1. The average molecular weight is 342 g/mol. The lowest BCUT2D eigenvalue weighted by molar-refractivity contribution is -0.138. The number of ether oxygens (including phenoxy) is 4. The first-order chi connectivity index (χ1) is 12.1. The Kier molecular flexibility index (Phi) is 6.89. The highest BCUT2D eigenvalue weighted by Crippen LogP contribution is 2.27. The summed E-state index contributed by atoms with van der Waals surface area (Å²) in [5, 5.41) is 0. The predicted octanol–water partition coefficient (Wildman–Crippen LogP) is 3.65. The summed E-state index contributed by atoms with van der Waals surface area (Å²) >= 11 is 0. The highest BCUT2D eigenvalue weighted by molar-refractivity contribution is 5.87. The smallest absolute Gasteiger partial charge is 0.330 e. The maximum atomic E-state index is 11.8. The van der Waals surface area contributed by atoms with E-state index < -0.39 is 5.97 Å². The molecule has 0 aromatic heterocycles. The average Bonchev–Trinajstić information content (AvgIpc) is 2.64. The van der Waals surface area contributed by atoms with Crippen LogP contribution in [0.15, 0.2) is 48.5 Å². The SMILES string of the molecule is COc1ccc(/C=C/C(=O)OCCOc2ccccc2C)cc1OC. The molecule has 2 aromatic rings. The molecule has 132 valence electrons. The van der Waals surface area contributed by atoms with Gasteiger partial charge in [-0.1, -0.05) is 24.3 Å². The van der Waals surface area contributed by atoms with Gasteiger partial charge in [0, 0.05) is 6.08 Å². The van der Waals surface area contributed by atoms with Crippen LogP contribution in [0.1, 0.15) is 11.1 Å². The zero-order valence-corrected chi connectivity index (χ0v) is 14.7. The molecule has 0 saturated heterocycles. The molecule has 0 bridgehead atoms. The molecule has 0 radical (unpaired) electrons. The molecule has 0 fully saturated rings. The van der Waals surface area contributed by atoms with Crippen molar-refractivity contribution >= 4 is 12.0 Å². The molecular formula is C20H22O5. The molecule has 0 heterocycles. The Bertz CT molecular complexity index is 737. The zero-order valence-electron chi connectivity index (χ0n) is 14.7. The van der Waals surface area contributed by atoms with Gasteiger partial charge in [-0.15, -0.1) is 0 Å². The summed E-state index contributed by atoms with van der Waals surface area (Å²) in [5.74, 6) is 1.60. The molecule has 0 aliphatic rings. The van der Waals surface area contributed by atoms with Gasteiger partial charge in [0.2, 0.25) is 0 Å². The summed E-state index contributed by atoms with van der Waals surface area (Å²) in [6.45, 7) is 2.46. The second kappa shape index (κ2) is 9.37. The maximum absolute atomic E-state index is 11.8. The normalized spacial score (nSPS) is 10.5. The van der Waals surface area contributed by atoms with Gasteiger partial charge in [-0.25, -0.2) is 4.79 Å². The topological polar surface area (TPSA) is 54.0 Å². The van der Waals surface area contributed by atoms with E-state index in [1.165, 1.54) is 6.08 Å². The van der Waals surface area contributed by atoms with E-state index in [0.717, 1.165) is 16.9 Å². The highest BCUT2D eigenvalue weighted by Gasteiger charge is 2.04. The van der Waals surface area contributed by atoms with Crippen LogP contribution in [-0.4, -0.2) is 33.4 Å². The summed E-state index contributed by atoms with van der Waals surface area (Å²) in [4.78, 5) is 11.8. The van der Waals surface area contributed by atoms with Crippen LogP contribution in [0.2, 0.25) is 0 Å². The molecule has 0 unspecified atom stereocenters. The van der Waals surface area contributed by atoms with Crippen molar-refractivity contribution in [3.63, 3.8) is 0 Å². The van der Waals surface area contributed by atoms with Crippen molar-refractivity contribution in [2.75, 3.05) is 27.4 Å². The highest BCUT2D eigenvalue weighted by atomic mass is 16.6. The fourth-order valence-electron chi connectivity index (χ4n) is 2.18. The molecule has 5 nitrogen and oxygen atoms in total. The number of hydrogen-bond acceptors (Lipinski definition) is 5. The van der Waals surface area contributed by atoms with Gasteiger partial charge in [-0.3, -0.25) is 0 Å². The van der Waals surface area contributed by atoms with Gasteiger partial charge in [-0.05, 0) is 42.3 Å². The fraction of sp³-hybridized carbons (Fsp3) is 0.250. The van der Waals surface area contributed by atoms with E-state index in [-0.39, 0.29) is 6.61 Å². The van der Waals surface area contributed by atoms with Crippen LogP contribution >= 0.6 is 0 Å². The Balaban J connectivity index is 1.80. The van der Waals surface area contributed by atoms with Crippen molar-refractivity contribution in [2.45, 2.75) is 6.92 Å². The van der Waals surface area contributed by atoms with Gasteiger partial charge in [0.25, 0.3) is 0 Å². The van der Waals surface area contributed by atoms with Gasteiger partial charge in [0.15, 0.2) is 11.5 Å². The molecule has 2 aromatic carbocycles. The molecule has 0 spiro atoms. The predicted molar refractivity (Wildman–Crippen MR) is 96.2 cm³/mol. The number of aryl methyl sites for hydroxylation is 1. The molecule has 0 N–H and O–H groups in total. The van der Waals surface area contributed by atoms with E-state index in [1.807, 2.05) is 37.3 Å². The molecule has 0 amide bonds. The number of carbonyl (C=O) groups excluding carboxylic acids is 1. The van der Waals surface area contributed by atoms with Crippen LogP contribution in [-0.2, 0) is 9.53 Å². The summed E-state index contributed by atoms with van der Waals surface area (Å²) in [7, 11) is 3.14. The molecule has 2 rings (SSSR count). The molecule has 0 saturated carbocycles. The van der Waals surface area contributed by atoms with E-state index in [1.54, 1.807) is 32.4 Å². The molecule has 5 heteroatoms. The zero-order chi connectivity index (χ0) is 18.1. The Morgan fingerprint density at radius 2 is 1.72 bits per heavy atom. The van der Waals surface area contributed by atoms with Gasteiger partial charge in [-0.2, -0.15) is 0 Å². The molecule has 0 atom stereocenters. The number of rotatable bonds is 8. The van der Waals surface area contributed by atoms with Crippen molar-refractivity contribution < 1.29 is 23.7 Å². The fourth-order valence-corrected chi connectivity index (χ4v) is 2.18. The minimum Gasteiger partial charge on any atom is -0.493 e. The van der Waals surface area contributed by atoms with Crippen molar-refractivity contribution in [1.82, 2.24) is 0 Å². The van der Waals surface area contributed by atoms with E-state index in [4.69, 9.17) is 18.9 Å². The minimum atomic E-state index is -0.428. The third-order valence-electron chi connectivity index (χ3n) is 3.50. The Morgan fingerprint density at radius 3 is 2.44 bits per heavy atom. The van der Waals surface area contributed by atoms with Crippen molar-refractivity contribution in [3.8, 4) is 17.2 Å². The van der Waals surface area contributed by atoms with Crippen LogP contribution in [0.5, 0.6) is 17.2 Å². The van der Waals surface area contributed by atoms with Crippen molar-refractivity contribution in [2.24, 2.45) is 0 Å². The van der Waals surface area contributed by atoms with Gasteiger partial charge >= 0.3 is 5.97 Å². The second-order valence-electron chi connectivity index (χ2n) is 5.23.